The summed E-state index contributed by atoms with van der Waals surface area (Å²) in [4.78, 5) is 17.1. The standard InChI is InChI=1S/C22H22N4O2/c1-15-12-13-18(14-24-15)21(27)25-19(16-8-4-2-5-9-16)22(28)26-20(23)17-10-6-3-7-11-17/h2-14,19,21,25,27H,1H3,(H2,23,26,28). The molecule has 142 valence electrons. The van der Waals surface area contributed by atoms with Gasteiger partial charge in [0.2, 0.25) is 5.91 Å². The molecule has 1 aromatic heterocycles. The van der Waals surface area contributed by atoms with Crippen molar-refractivity contribution in [3.05, 3.63) is 101 Å². The SMILES string of the molecule is Cc1ccc(C(O)NC(C(=O)NC(=N)c2ccccc2)c2ccccc2)cn1. The van der Waals surface area contributed by atoms with Crippen molar-refractivity contribution in [3.8, 4) is 0 Å². The maximum atomic E-state index is 12.9. The third kappa shape index (κ3) is 4.88. The summed E-state index contributed by atoms with van der Waals surface area (Å²) < 4.78 is 0. The van der Waals surface area contributed by atoms with E-state index in [1.165, 1.54) is 0 Å². The second kappa shape index (κ2) is 9.03. The molecule has 0 saturated heterocycles. The molecule has 3 rings (SSSR count). The van der Waals surface area contributed by atoms with E-state index in [-0.39, 0.29) is 5.84 Å². The van der Waals surface area contributed by atoms with Crippen molar-refractivity contribution in [2.75, 3.05) is 0 Å². The van der Waals surface area contributed by atoms with Crippen LogP contribution >= 0.6 is 0 Å². The van der Waals surface area contributed by atoms with Crippen LogP contribution in [0.4, 0.5) is 0 Å². The van der Waals surface area contributed by atoms with Gasteiger partial charge in [0.05, 0.1) is 0 Å². The highest BCUT2D eigenvalue weighted by Gasteiger charge is 2.24. The first-order valence-electron chi connectivity index (χ1n) is 8.91. The second-order valence-corrected chi connectivity index (χ2v) is 6.38. The highest BCUT2D eigenvalue weighted by Crippen LogP contribution is 2.19. The van der Waals surface area contributed by atoms with Crippen molar-refractivity contribution in [2.45, 2.75) is 19.2 Å². The fourth-order valence-corrected chi connectivity index (χ4v) is 2.74. The van der Waals surface area contributed by atoms with Gasteiger partial charge in [-0.3, -0.25) is 20.5 Å². The van der Waals surface area contributed by atoms with Gasteiger partial charge in [0.1, 0.15) is 18.1 Å². The summed E-state index contributed by atoms with van der Waals surface area (Å²) in [5.41, 5.74) is 2.67. The summed E-state index contributed by atoms with van der Waals surface area (Å²) in [6, 6.07) is 20.7. The maximum Gasteiger partial charge on any atom is 0.247 e. The molecule has 3 aromatic rings. The van der Waals surface area contributed by atoms with Gasteiger partial charge in [0.25, 0.3) is 0 Å². The quantitative estimate of drug-likeness (QED) is 0.303. The molecule has 1 heterocycles. The number of aromatic nitrogens is 1. The summed E-state index contributed by atoms with van der Waals surface area (Å²) in [6.07, 6.45) is 0.480. The van der Waals surface area contributed by atoms with Gasteiger partial charge in [-0.1, -0.05) is 66.7 Å². The topological polar surface area (TPSA) is 98.1 Å². The first kappa shape index (κ1) is 19.4. The lowest BCUT2D eigenvalue weighted by molar-refractivity contribution is -0.122. The number of amidine groups is 1. The van der Waals surface area contributed by atoms with Gasteiger partial charge in [0, 0.05) is 23.0 Å². The summed E-state index contributed by atoms with van der Waals surface area (Å²) in [7, 11) is 0. The molecule has 4 N–H and O–H groups in total. The predicted molar refractivity (Wildman–Crippen MR) is 108 cm³/mol. The number of aliphatic hydroxyl groups is 1. The van der Waals surface area contributed by atoms with Crippen LogP contribution in [0.2, 0.25) is 0 Å². The fraction of sp³-hybridized carbons (Fsp3) is 0.136. The van der Waals surface area contributed by atoms with E-state index in [0.29, 0.717) is 16.7 Å². The van der Waals surface area contributed by atoms with Gasteiger partial charge in [-0.25, -0.2) is 0 Å². The van der Waals surface area contributed by atoms with Crippen molar-refractivity contribution in [2.24, 2.45) is 0 Å². The van der Waals surface area contributed by atoms with Crippen molar-refractivity contribution in [1.29, 1.82) is 5.41 Å². The number of aryl methyl sites for hydroxylation is 1. The van der Waals surface area contributed by atoms with E-state index in [1.807, 2.05) is 31.2 Å². The van der Waals surface area contributed by atoms with Crippen LogP contribution in [0.25, 0.3) is 0 Å². The molecule has 2 unspecified atom stereocenters. The molecule has 2 aromatic carbocycles. The molecule has 6 nitrogen and oxygen atoms in total. The van der Waals surface area contributed by atoms with E-state index in [2.05, 4.69) is 15.6 Å². The molecule has 1 amide bonds. The Morgan fingerprint density at radius 1 is 0.964 bits per heavy atom. The first-order chi connectivity index (χ1) is 13.5. The molecule has 28 heavy (non-hydrogen) atoms. The van der Waals surface area contributed by atoms with Gasteiger partial charge in [-0.15, -0.1) is 0 Å². The number of hydrogen-bond acceptors (Lipinski definition) is 5. The highest BCUT2D eigenvalue weighted by molar-refractivity contribution is 6.07. The van der Waals surface area contributed by atoms with E-state index >= 15 is 0 Å². The molecular weight excluding hydrogens is 352 g/mol. The lowest BCUT2D eigenvalue weighted by Crippen LogP contribution is -2.42. The Labute approximate surface area is 163 Å². The third-order valence-corrected chi connectivity index (χ3v) is 4.28. The molecule has 0 fully saturated rings. The van der Waals surface area contributed by atoms with E-state index in [0.717, 1.165) is 5.69 Å². The van der Waals surface area contributed by atoms with Crippen LogP contribution < -0.4 is 10.6 Å². The van der Waals surface area contributed by atoms with Crippen molar-refractivity contribution >= 4 is 11.7 Å². The lowest BCUT2D eigenvalue weighted by atomic mass is 10.0. The van der Waals surface area contributed by atoms with Crippen LogP contribution in [-0.4, -0.2) is 21.8 Å². The van der Waals surface area contributed by atoms with E-state index in [1.54, 1.807) is 54.7 Å². The number of amides is 1. The number of aliphatic hydroxyl groups excluding tert-OH is 1. The van der Waals surface area contributed by atoms with Crippen LogP contribution in [0.5, 0.6) is 0 Å². The largest absolute Gasteiger partial charge is 0.374 e. The smallest absolute Gasteiger partial charge is 0.247 e. The molecule has 0 bridgehead atoms. The molecule has 0 spiro atoms. The minimum absolute atomic E-state index is 0.000163. The number of hydrogen-bond donors (Lipinski definition) is 4. The van der Waals surface area contributed by atoms with Gasteiger partial charge < -0.3 is 10.4 Å². The summed E-state index contributed by atoms with van der Waals surface area (Å²) in [6.45, 7) is 1.86. The zero-order valence-electron chi connectivity index (χ0n) is 15.5. The predicted octanol–water partition coefficient (Wildman–Crippen LogP) is 2.85. The molecule has 0 radical (unpaired) electrons. The summed E-state index contributed by atoms with van der Waals surface area (Å²) in [5.74, 6) is -0.431. The molecular formula is C22H22N4O2. The maximum absolute atomic E-state index is 12.9. The second-order valence-electron chi connectivity index (χ2n) is 6.38. The Morgan fingerprint density at radius 3 is 2.21 bits per heavy atom. The molecule has 2 atom stereocenters. The van der Waals surface area contributed by atoms with Crippen molar-refractivity contribution < 1.29 is 9.90 Å². The third-order valence-electron chi connectivity index (χ3n) is 4.28. The molecule has 0 aliphatic rings. The van der Waals surface area contributed by atoms with Crippen LogP contribution in [-0.2, 0) is 4.79 Å². The number of carbonyl (C=O) groups excluding carboxylic acids is 1. The van der Waals surface area contributed by atoms with Gasteiger partial charge >= 0.3 is 0 Å². The summed E-state index contributed by atoms with van der Waals surface area (Å²) in [5, 5.41) is 24.3. The average molecular weight is 374 g/mol. The van der Waals surface area contributed by atoms with Crippen molar-refractivity contribution in [1.82, 2.24) is 15.6 Å². The van der Waals surface area contributed by atoms with Gasteiger partial charge in [0.15, 0.2) is 0 Å². The molecule has 6 heteroatoms. The Bertz CT molecular complexity index is 928. The lowest BCUT2D eigenvalue weighted by Gasteiger charge is -2.23. The van der Waals surface area contributed by atoms with Crippen LogP contribution in [0.15, 0.2) is 79.0 Å². The minimum atomic E-state index is -1.09. The zero-order chi connectivity index (χ0) is 19.9. The first-order valence-corrected chi connectivity index (χ1v) is 8.91. The van der Waals surface area contributed by atoms with Gasteiger partial charge in [-0.05, 0) is 18.6 Å². The number of nitrogens with one attached hydrogen (secondary N) is 3. The number of pyridine rings is 1. The van der Waals surface area contributed by atoms with E-state index in [4.69, 9.17) is 5.41 Å². The Balaban J connectivity index is 1.80. The van der Waals surface area contributed by atoms with E-state index in [9.17, 15) is 9.90 Å². The van der Waals surface area contributed by atoms with E-state index < -0.39 is 18.2 Å². The Kier molecular flexibility index (Phi) is 6.26. The highest BCUT2D eigenvalue weighted by atomic mass is 16.3. The summed E-state index contributed by atoms with van der Waals surface area (Å²) >= 11 is 0. The monoisotopic (exact) mass is 374 g/mol. The van der Waals surface area contributed by atoms with Crippen LogP contribution in [0, 0.1) is 12.3 Å². The fourth-order valence-electron chi connectivity index (χ4n) is 2.74. The van der Waals surface area contributed by atoms with Gasteiger partial charge in [-0.2, -0.15) is 0 Å². The van der Waals surface area contributed by atoms with Crippen LogP contribution in [0.1, 0.15) is 34.7 Å². The molecule has 0 saturated carbocycles. The molecule has 0 aliphatic carbocycles. The average Bonchev–Trinajstić information content (AvgIpc) is 2.73. The number of benzene rings is 2. The Morgan fingerprint density at radius 2 is 1.61 bits per heavy atom. The number of carbonyl (C=O) groups is 1. The number of nitrogens with zero attached hydrogens (tertiary/aromatic N) is 1. The Hall–Kier alpha value is -3.35. The zero-order valence-corrected chi connectivity index (χ0v) is 15.5. The van der Waals surface area contributed by atoms with Crippen LogP contribution in [0.3, 0.4) is 0 Å². The van der Waals surface area contributed by atoms with Crippen molar-refractivity contribution in [3.63, 3.8) is 0 Å². The minimum Gasteiger partial charge on any atom is -0.374 e. The number of rotatable bonds is 6. The molecule has 0 aliphatic heterocycles. The normalized spacial score (nSPS) is 12.8.